The number of amides is 4. The van der Waals surface area contributed by atoms with Crippen molar-refractivity contribution in [3.05, 3.63) is 98.4 Å². The lowest BCUT2D eigenvalue weighted by Gasteiger charge is -2.29. The summed E-state index contributed by atoms with van der Waals surface area (Å²) in [4.78, 5) is 91.8. The van der Waals surface area contributed by atoms with Crippen molar-refractivity contribution < 1.29 is 66.9 Å². The molecule has 1 fully saturated rings. The van der Waals surface area contributed by atoms with E-state index < -0.39 is 42.9 Å². The number of alkyl halides is 3. The van der Waals surface area contributed by atoms with E-state index in [9.17, 15) is 38.2 Å². The van der Waals surface area contributed by atoms with Crippen LogP contribution in [0.4, 0.5) is 11.4 Å². The first-order chi connectivity index (χ1) is 35.2. The fourth-order valence-corrected chi connectivity index (χ4v) is 8.53. The minimum atomic E-state index is -4.35. The van der Waals surface area contributed by atoms with E-state index in [0.29, 0.717) is 63.5 Å². The van der Waals surface area contributed by atoms with Crippen molar-refractivity contribution in [3.63, 3.8) is 0 Å². The maximum absolute atomic E-state index is 12.7. The molecule has 1 aromatic heterocycles. The predicted octanol–water partition coefficient (Wildman–Crippen LogP) is 8.59. The molecule has 2 unspecified atom stereocenters. The molecule has 75 heavy (non-hydrogen) atoms. The van der Waals surface area contributed by atoms with E-state index in [4.69, 9.17) is 86.6 Å². The van der Waals surface area contributed by atoms with E-state index in [2.05, 4.69) is 32.6 Å². The number of methoxy groups -OCH3 is 1. The van der Waals surface area contributed by atoms with E-state index in [1.165, 1.54) is 15.9 Å². The number of carboxylic acids is 1. The van der Waals surface area contributed by atoms with Crippen LogP contribution in [0, 0.1) is 0 Å². The predicted molar refractivity (Wildman–Crippen MR) is 294 cm³/mol. The average molecular weight is 1190 g/mol. The molecule has 3 aromatic rings. The fraction of sp³-hybridized carbons (Fsp3) is 0.480. The molecular formula is C50H66Cl5N4O14PS. The topological polar surface area (TPSA) is 246 Å². The van der Waals surface area contributed by atoms with Crippen molar-refractivity contribution in [2.75, 3.05) is 74.3 Å². The Morgan fingerprint density at radius 1 is 1.00 bits per heavy atom. The Kier molecular flexibility index (Phi) is 29.3. The van der Waals surface area contributed by atoms with Gasteiger partial charge in [0.2, 0.25) is 5.91 Å². The molecule has 0 spiro atoms. The molecule has 2 aliphatic heterocycles. The van der Waals surface area contributed by atoms with Gasteiger partial charge in [-0.15, -0.1) is 11.6 Å². The van der Waals surface area contributed by atoms with Gasteiger partial charge in [0, 0.05) is 23.3 Å². The van der Waals surface area contributed by atoms with E-state index in [0.717, 1.165) is 42.5 Å². The number of carbonyl (C=O) groups excluding carboxylic acids is 5. The number of halogens is 5. The maximum atomic E-state index is 12.7. The van der Waals surface area contributed by atoms with Crippen LogP contribution in [-0.2, 0) is 71.3 Å². The van der Waals surface area contributed by atoms with Gasteiger partial charge >= 0.3 is 11.9 Å². The van der Waals surface area contributed by atoms with Crippen LogP contribution in [0.5, 0.6) is 0 Å². The fourth-order valence-electron chi connectivity index (χ4n) is 7.41. The van der Waals surface area contributed by atoms with Crippen molar-refractivity contribution in [2.45, 2.75) is 89.8 Å². The number of ether oxygens (including phenoxy) is 3. The smallest absolute Gasteiger partial charge is 0.349 e. The van der Waals surface area contributed by atoms with Crippen LogP contribution in [0.15, 0.2) is 75.4 Å². The first kappa shape index (κ1) is 67.2. The normalized spacial score (nSPS) is 16.6. The van der Waals surface area contributed by atoms with E-state index >= 15 is 0 Å². The first-order valence-electron chi connectivity index (χ1n) is 23.4. The van der Waals surface area contributed by atoms with E-state index in [1.807, 2.05) is 29.6 Å². The third-order valence-electron chi connectivity index (χ3n) is 10.6. The molecule has 6 rings (SSSR count). The molecule has 0 saturated carbocycles. The minimum Gasteiger partial charge on any atom is -0.778 e. The van der Waals surface area contributed by atoms with Crippen LogP contribution < -0.4 is 20.0 Å². The zero-order valence-electron chi connectivity index (χ0n) is 43.3. The third-order valence-corrected chi connectivity index (χ3v) is 12.5. The molecule has 3 N–H and O–H groups in total. The number of furan rings is 1. The van der Waals surface area contributed by atoms with Crippen molar-refractivity contribution in [1.29, 1.82) is 0 Å². The second-order valence-corrected chi connectivity index (χ2v) is 23.4. The number of rotatable bonds is 16. The lowest BCUT2D eigenvalue weighted by atomic mass is 9.93. The van der Waals surface area contributed by atoms with Gasteiger partial charge in [-0.3, -0.25) is 34.2 Å². The van der Waals surface area contributed by atoms with Crippen molar-refractivity contribution in [1.82, 2.24) is 10.2 Å². The first-order valence-corrected chi connectivity index (χ1v) is 29.7. The molecule has 2 aromatic carbocycles. The number of aryl methyl sites for hydroxylation is 2. The largest absolute Gasteiger partial charge is 0.778 e. The molecule has 2 atom stereocenters. The summed E-state index contributed by atoms with van der Waals surface area (Å²) in [6.07, 6.45) is 13.4. The van der Waals surface area contributed by atoms with Crippen LogP contribution in [0.3, 0.4) is 0 Å². The standard InChI is InChI=1S/C19H17Cl2NO4.C14H20ClNO2.C11H13Cl2NO3.C3H8NO5P.C3H9S/c1-2-26-19(25)16(21)10-11-9-12(7-8-15(11)20)22-17(23)13-5-3-4-6-14(13)18(22)24;1-4-11-7-6-8-12(5-2)14(11)16(10-18-3)13(17)9-15;1-11(2)14(10(15)9(12)13)6-8(17-11)7-4-3-5-16-7;5-3(6)1-4-2-10(7,8)9;1-4(2)3/h7-10H,2-6H2,1H3;6-8H,4-5,9-10H2,1-3H3;3-5,8-9H,6H2,1-2H3;4H,1-2H2,(H,5,6)(H2,7,8,9);1-3H3/q;;;;+1/p-1/b16-10-;;;;. The SMILES string of the molecule is CC1(C)OC(c2ccco2)CN1C(=O)C(Cl)Cl.CCOC(=O)/C(Cl)=C/c1cc(N2C(=O)C3=C(CCCC3)C2=O)ccc1Cl.CCc1cccc(CC)c1N(COC)C(=O)CCl.C[S+](C)C.O=C(O)CNCP(=O)([O-])O. The summed E-state index contributed by atoms with van der Waals surface area (Å²) in [5.41, 5.74) is 4.54. The van der Waals surface area contributed by atoms with Crippen LogP contribution in [0.25, 0.3) is 6.08 Å². The zero-order valence-corrected chi connectivity index (χ0v) is 48.8. The van der Waals surface area contributed by atoms with Gasteiger partial charge in [-0.2, -0.15) is 0 Å². The van der Waals surface area contributed by atoms with Crippen LogP contribution in [-0.4, -0.2) is 125 Å². The molecule has 25 heteroatoms. The average Bonchev–Trinajstić information content (AvgIpc) is 4.07. The molecule has 4 amide bonds. The van der Waals surface area contributed by atoms with Gasteiger partial charge in [-0.25, -0.2) is 9.69 Å². The molecule has 0 bridgehead atoms. The number of para-hydroxylation sites is 1. The van der Waals surface area contributed by atoms with Gasteiger partial charge in [0.05, 0.1) is 62.4 Å². The van der Waals surface area contributed by atoms with Crippen LogP contribution in [0.1, 0.15) is 88.9 Å². The number of hydrogen-bond acceptors (Lipinski definition) is 13. The highest BCUT2D eigenvalue weighted by molar-refractivity contribution is 7.94. The molecule has 3 aliphatic rings. The molecule has 1 aliphatic carbocycles. The Balaban J connectivity index is 0.000000349. The summed E-state index contributed by atoms with van der Waals surface area (Å²) in [6.45, 7) is 9.76. The lowest BCUT2D eigenvalue weighted by molar-refractivity contribution is -0.193. The third kappa shape index (κ3) is 21.4. The van der Waals surface area contributed by atoms with Gasteiger partial charge in [0.1, 0.15) is 42.8 Å². The van der Waals surface area contributed by atoms with Gasteiger partial charge in [0.25, 0.3) is 17.7 Å². The minimum absolute atomic E-state index is 0.0371. The Labute approximate surface area is 466 Å². The highest BCUT2D eigenvalue weighted by atomic mass is 35.5. The second kappa shape index (κ2) is 32.7. The molecule has 0 radical (unpaired) electrons. The van der Waals surface area contributed by atoms with Crippen molar-refractivity contribution >= 4 is 130 Å². The Morgan fingerprint density at radius 3 is 2.03 bits per heavy atom. The number of nitrogens with one attached hydrogen (secondary N) is 1. The quantitative estimate of drug-likeness (QED) is 0.0231. The zero-order chi connectivity index (χ0) is 56.8. The van der Waals surface area contributed by atoms with E-state index in [-0.39, 0.29) is 54.0 Å². The van der Waals surface area contributed by atoms with E-state index in [1.54, 1.807) is 63.3 Å². The highest BCUT2D eigenvalue weighted by Gasteiger charge is 2.45. The van der Waals surface area contributed by atoms with Gasteiger partial charge in [-0.1, -0.05) is 78.5 Å². The molecule has 416 valence electrons. The number of esters is 1. The summed E-state index contributed by atoms with van der Waals surface area (Å²) in [5, 5.41) is 10.2. The number of aliphatic carboxylic acids is 1. The van der Waals surface area contributed by atoms with Crippen LogP contribution >= 0.6 is 65.6 Å². The summed E-state index contributed by atoms with van der Waals surface area (Å²) in [6, 6.07) is 14.4. The Hall–Kier alpha value is -3.95. The summed E-state index contributed by atoms with van der Waals surface area (Å²) < 4.78 is 30.9. The maximum Gasteiger partial charge on any atom is 0.349 e. The number of carboxylic acid groups (broad SMARTS) is 1. The number of nitrogens with zero attached hydrogens (tertiary/aromatic N) is 3. The van der Waals surface area contributed by atoms with Crippen molar-refractivity contribution in [2.24, 2.45) is 0 Å². The molecular weight excluding hydrogens is 1120 g/mol. The number of hydrogen-bond donors (Lipinski definition) is 3. The number of imide groups is 1. The monoisotopic (exact) mass is 1180 g/mol. The van der Waals surface area contributed by atoms with Crippen LogP contribution in [0.2, 0.25) is 5.02 Å². The molecule has 3 heterocycles. The highest BCUT2D eigenvalue weighted by Crippen LogP contribution is 2.38. The number of benzene rings is 2. The number of carbonyl (C=O) groups is 6. The summed E-state index contributed by atoms with van der Waals surface area (Å²) in [7, 11) is -2.13. The lowest BCUT2D eigenvalue weighted by Crippen LogP contribution is -2.45. The van der Waals surface area contributed by atoms with Crippen molar-refractivity contribution in [3.8, 4) is 0 Å². The summed E-state index contributed by atoms with van der Waals surface area (Å²) in [5.74, 6) is -2.23. The second-order valence-electron chi connectivity index (χ2n) is 17.2. The Bertz CT molecular complexity index is 2470. The van der Waals surface area contributed by atoms with Gasteiger partial charge < -0.3 is 43.0 Å². The Morgan fingerprint density at radius 2 is 1.57 bits per heavy atom. The summed E-state index contributed by atoms with van der Waals surface area (Å²) >= 11 is 29.0. The molecule has 18 nitrogen and oxygen atoms in total. The molecule has 1 saturated heterocycles. The number of anilines is 2. The van der Waals surface area contributed by atoms with Gasteiger partial charge in [-0.05, 0) is 123 Å². The van der Waals surface area contributed by atoms with Gasteiger partial charge in [0.15, 0.2) is 4.84 Å².